The second kappa shape index (κ2) is 3.45. The summed E-state index contributed by atoms with van der Waals surface area (Å²) in [5.74, 6) is 0. The molecule has 0 aliphatic heterocycles. The molecule has 0 N–H and O–H groups in total. The van der Waals surface area contributed by atoms with Gasteiger partial charge in [-0.2, -0.15) is 0 Å². The van der Waals surface area contributed by atoms with Gasteiger partial charge in [-0.15, -0.1) is 0 Å². The molecule has 3 aromatic rings. The topological polar surface area (TPSA) is 30.7 Å². The van der Waals surface area contributed by atoms with Crippen molar-refractivity contribution in [3.8, 4) is 11.4 Å². The van der Waals surface area contributed by atoms with E-state index < -0.39 is 0 Å². The van der Waals surface area contributed by atoms with Crippen LogP contribution in [0.3, 0.4) is 0 Å². The van der Waals surface area contributed by atoms with Crippen LogP contribution in [0.4, 0.5) is 0 Å². The maximum atomic E-state index is 4.27. The third kappa shape index (κ3) is 1.29. The maximum absolute atomic E-state index is 4.27. The third-order valence-corrected chi connectivity index (χ3v) is 2.80. The summed E-state index contributed by atoms with van der Waals surface area (Å²) in [6, 6.07) is 12.4. The fraction of sp³-hybridized carbons (Fsp3) is 0.0769. The standard InChI is InChI=1S/C13H11N3/c1-16-12-5-3-2-4-10(12)8-13(16)11-6-7-14-9-15-11/h2-9H,1H3. The van der Waals surface area contributed by atoms with Gasteiger partial charge in [0.05, 0.1) is 11.4 Å². The number of fused-ring (bicyclic) bond motifs is 1. The molecule has 78 valence electrons. The molecule has 3 nitrogen and oxygen atoms in total. The molecule has 0 saturated heterocycles. The summed E-state index contributed by atoms with van der Waals surface area (Å²) in [7, 11) is 2.06. The predicted molar refractivity (Wildman–Crippen MR) is 63.9 cm³/mol. The molecule has 0 aliphatic carbocycles. The van der Waals surface area contributed by atoms with E-state index in [2.05, 4.69) is 39.8 Å². The van der Waals surface area contributed by atoms with E-state index in [1.807, 2.05) is 18.2 Å². The average Bonchev–Trinajstić information content (AvgIpc) is 2.69. The van der Waals surface area contributed by atoms with E-state index in [4.69, 9.17) is 0 Å². The zero-order valence-electron chi connectivity index (χ0n) is 8.96. The Kier molecular flexibility index (Phi) is 1.96. The van der Waals surface area contributed by atoms with Gasteiger partial charge in [0.25, 0.3) is 0 Å². The summed E-state index contributed by atoms with van der Waals surface area (Å²) in [6.07, 6.45) is 3.34. The molecule has 3 heteroatoms. The molecule has 2 heterocycles. The molecule has 0 amide bonds. The van der Waals surface area contributed by atoms with Gasteiger partial charge < -0.3 is 4.57 Å². The Morgan fingerprint density at radius 3 is 2.75 bits per heavy atom. The van der Waals surface area contributed by atoms with Crippen LogP contribution in [0.5, 0.6) is 0 Å². The minimum absolute atomic E-state index is 0.953. The Morgan fingerprint density at radius 2 is 2.00 bits per heavy atom. The second-order valence-corrected chi connectivity index (χ2v) is 3.74. The van der Waals surface area contributed by atoms with Crippen molar-refractivity contribution in [2.75, 3.05) is 0 Å². The first-order valence-corrected chi connectivity index (χ1v) is 5.17. The Labute approximate surface area is 93.4 Å². The molecule has 0 radical (unpaired) electrons. The van der Waals surface area contributed by atoms with Gasteiger partial charge >= 0.3 is 0 Å². The highest BCUT2D eigenvalue weighted by Gasteiger charge is 2.07. The number of nitrogens with zero attached hydrogens (tertiary/aromatic N) is 3. The molecular weight excluding hydrogens is 198 g/mol. The number of hydrogen-bond donors (Lipinski definition) is 0. The number of benzene rings is 1. The molecule has 1 aromatic carbocycles. The number of aryl methyl sites for hydroxylation is 1. The van der Waals surface area contributed by atoms with Crippen molar-refractivity contribution in [1.82, 2.24) is 14.5 Å². The molecule has 3 rings (SSSR count). The largest absolute Gasteiger partial charge is 0.342 e. The molecule has 0 atom stereocenters. The van der Waals surface area contributed by atoms with Crippen molar-refractivity contribution >= 4 is 10.9 Å². The van der Waals surface area contributed by atoms with Crippen molar-refractivity contribution in [3.05, 3.63) is 48.9 Å². The Balaban J connectivity index is 2.29. The third-order valence-electron chi connectivity index (χ3n) is 2.80. The number of rotatable bonds is 1. The summed E-state index contributed by atoms with van der Waals surface area (Å²) in [5, 5.41) is 1.23. The molecular formula is C13H11N3. The smallest absolute Gasteiger partial charge is 0.116 e. The summed E-state index contributed by atoms with van der Waals surface area (Å²) >= 11 is 0. The normalized spacial score (nSPS) is 10.8. The van der Waals surface area contributed by atoms with Gasteiger partial charge in [-0.25, -0.2) is 9.97 Å². The Bertz CT molecular complexity index is 626. The summed E-state index contributed by atoms with van der Waals surface area (Å²) < 4.78 is 2.15. The highest BCUT2D eigenvalue weighted by atomic mass is 15.0. The van der Waals surface area contributed by atoms with E-state index in [9.17, 15) is 0 Å². The van der Waals surface area contributed by atoms with Crippen LogP contribution in [-0.4, -0.2) is 14.5 Å². The van der Waals surface area contributed by atoms with Crippen molar-refractivity contribution in [2.24, 2.45) is 7.05 Å². The SMILES string of the molecule is Cn1c(-c2ccncn2)cc2ccccc21. The van der Waals surface area contributed by atoms with Crippen LogP contribution < -0.4 is 0 Å². The average molecular weight is 209 g/mol. The lowest BCUT2D eigenvalue weighted by Gasteiger charge is -2.02. The lowest BCUT2D eigenvalue weighted by atomic mass is 10.2. The molecule has 0 bridgehead atoms. The zero-order valence-corrected chi connectivity index (χ0v) is 8.96. The highest BCUT2D eigenvalue weighted by Crippen LogP contribution is 2.24. The van der Waals surface area contributed by atoms with E-state index >= 15 is 0 Å². The molecule has 0 saturated carbocycles. The molecule has 0 fully saturated rings. The first-order chi connectivity index (χ1) is 7.86. The first kappa shape index (κ1) is 9.09. The van der Waals surface area contributed by atoms with Crippen LogP contribution in [-0.2, 0) is 7.05 Å². The molecule has 16 heavy (non-hydrogen) atoms. The number of aromatic nitrogens is 3. The van der Waals surface area contributed by atoms with Gasteiger partial charge in [0.2, 0.25) is 0 Å². The van der Waals surface area contributed by atoms with Gasteiger partial charge in [-0.3, -0.25) is 0 Å². The minimum Gasteiger partial charge on any atom is -0.342 e. The van der Waals surface area contributed by atoms with E-state index in [0.29, 0.717) is 0 Å². The second-order valence-electron chi connectivity index (χ2n) is 3.74. The molecule has 0 unspecified atom stereocenters. The van der Waals surface area contributed by atoms with Crippen molar-refractivity contribution < 1.29 is 0 Å². The van der Waals surface area contributed by atoms with Crippen molar-refractivity contribution in [1.29, 1.82) is 0 Å². The van der Waals surface area contributed by atoms with Crippen LogP contribution in [0.15, 0.2) is 48.9 Å². The van der Waals surface area contributed by atoms with E-state index in [1.54, 1.807) is 12.5 Å². The molecule has 2 aromatic heterocycles. The summed E-state index contributed by atoms with van der Waals surface area (Å²) in [6.45, 7) is 0. The lowest BCUT2D eigenvalue weighted by Crippen LogP contribution is -1.92. The van der Waals surface area contributed by atoms with Crippen LogP contribution in [0, 0.1) is 0 Å². The fourth-order valence-electron chi connectivity index (χ4n) is 1.98. The van der Waals surface area contributed by atoms with Crippen LogP contribution in [0.2, 0.25) is 0 Å². The summed E-state index contributed by atoms with van der Waals surface area (Å²) in [5.41, 5.74) is 3.29. The summed E-state index contributed by atoms with van der Waals surface area (Å²) in [4.78, 5) is 8.21. The van der Waals surface area contributed by atoms with E-state index in [1.165, 1.54) is 10.9 Å². The van der Waals surface area contributed by atoms with Crippen LogP contribution >= 0.6 is 0 Å². The minimum atomic E-state index is 0.953. The monoisotopic (exact) mass is 209 g/mol. The number of para-hydroxylation sites is 1. The zero-order chi connectivity index (χ0) is 11.0. The van der Waals surface area contributed by atoms with E-state index in [-0.39, 0.29) is 0 Å². The number of hydrogen-bond acceptors (Lipinski definition) is 2. The fourth-order valence-corrected chi connectivity index (χ4v) is 1.98. The van der Waals surface area contributed by atoms with Crippen molar-refractivity contribution in [2.45, 2.75) is 0 Å². The van der Waals surface area contributed by atoms with Crippen LogP contribution in [0.25, 0.3) is 22.3 Å². The predicted octanol–water partition coefficient (Wildman–Crippen LogP) is 2.64. The van der Waals surface area contributed by atoms with Gasteiger partial charge in [-0.05, 0) is 18.2 Å². The quantitative estimate of drug-likeness (QED) is 0.616. The Morgan fingerprint density at radius 1 is 1.12 bits per heavy atom. The molecule has 0 spiro atoms. The molecule has 0 aliphatic rings. The van der Waals surface area contributed by atoms with Gasteiger partial charge in [0, 0.05) is 24.1 Å². The van der Waals surface area contributed by atoms with Gasteiger partial charge in [0.15, 0.2) is 0 Å². The highest BCUT2D eigenvalue weighted by molar-refractivity contribution is 5.86. The lowest BCUT2D eigenvalue weighted by molar-refractivity contribution is 0.967. The first-order valence-electron chi connectivity index (χ1n) is 5.17. The maximum Gasteiger partial charge on any atom is 0.116 e. The van der Waals surface area contributed by atoms with E-state index in [0.717, 1.165) is 11.4 Å². The van der Waals surface area contributed by atoms with Gasteiger partial charge in [0.1, 0.15) is 6.33 Å². The van der Waals surface area contributed by atoms with Crippen LogP contribution in [0.1, 0.15) is 0 Å². The van der Waals surface area contributed by atoms with Gasteiger partial charge in [-0.1, -0.05) is 18.2 Å². The van der Waals surface area contributed by atoms with Crippen molar-refractivity contribution in [3.63, 3.8) is 0 Å². The Hall–Kier alpha value is -2.16.